The summed E-state index contributed by atoms with van der Waals surface area (Å²) in [4.78, 5) is 24.4. The molecule has 18 heavy (non-hydrogen) atoms. The number of hydrogen-bond acceptors (Lipinski definition) is 5. The van der Waals surface area contributed by atoms with E-state index in [9.17, 15) is 9.59 Å². The molecule has 1 aromatic rings. The molecular weight excluding hydrogens is 238 g/mol. The van der Waals surface area contributed by atoms with Gasteiger partial charge in [-0.2, -0.15) is 0 Å². The van der Waals surface area contributed by atoms with Gasteiger partial charge in [0.1, 0.15) is 13.2 Å². The van der Waals surface area contributed by atoms with E-state index >= 15 is 0 Å². The van der Waals surface area contributed by atoms with Gasteiger partial charge in [-0.3, -0.25) is 9.59 Å². The second kappa shape index (κ2) is 5.05. The minimum Gasteiger partial charge on any atom is -0.493 e. The summed E-state index contributed by atoms with van der Waals surface area (Å²) in [5.41, 5.74) is 0.450. The zero-order valence-electron chi connectivity index (χ0n) is 10.1. The Morgan fingerprint density at radius 3 is 2.22 bits per heavy atom. The number of methoxy groups -OCH3 is 2. The normalized spacial score (nSPS) is 15.8. The van der Waals surface area contributed by atoms with Gasteiger partial charge in [0.05, 0.1) is 19.9 Å². The topological polar surface area (TPSA) is 65.1 Å². The van der Waals surface area contributed by atoms with Gasteiger partial charge >= 0.3 is 0 Å². The van der Waals surface area contributed by atoms with E-state index in [1.54, 1.807) is 18.2 Å². The molecule has 0 aliphatic carbocycles. The maximum absolute atomic E-state index is 11.7. The molecule has 0 unspecified atom stereocenters. The largest absolute Gasteiger partial charge is 0.493 e. The first-order chi connectivity index (χ1) is 8.67. The Morgan fingerprint density at radius 2 is 1.67 bits per heavy atom. The van der Waals surface area contributed by atoms with Crippen molar-refractivity contribution in [3.63, 3.8) is 0 Å². The van der Waals surface area contributed by atoms with Crippen molar-refractivity contribution >= 4 is 17.5 Å². The van der Waals surface area contributed by atoms with E-state index in [1.807, 2.05) is 0 Å². The summed E-state index contributed by atoms with van der Waals surface area (Å²) in [6.45, 7) is -0.194. The molecule has 0 radical (unpaired) electrons. The Labute approximate surface area is 104 Å². The molecule has 0 spiro atoms. The lowest BCUT2D eigenvalue weighted by Crippen LogP contribution is -2.46. The smallest absolute Gasteiger partial charge is 0.259 e. The van der Waals surface area contributed by atoms with Crippen LogP contribution in [0.1, 0.15) is 0 Å². The summed E-state index contributed by atoms with van der Waals surface area (Å²) in [7, 11) is 3.01. The first kappa shape index (κ1) is 12.4. The lowest BCUT2D eigenvalue weighted by Gasteiger charge is -2.25. The predicted molar refractivity (Wildman–Crippen MR) is 62.9 cm³/mol. The van der Waals surface area contributed by atoms with Crippen molar-refractivity contribution in [3.05, 3.63) is 18.2 Å². The summed E-state index contributed by atoms with van der Waals surface area (Å²) in [5, 5.41) is 0. The number of nitrogens with zero attached hydrogens (tertiary/aromatic N) is 1. The molecule has 2 amide bonds. The lowest BCUT2D eigenvalue weighted by molar-refractivity contribution is -0.138. The molecule has 1 fully saturated rings. The van der Waals surface area contributed by atoms with Gasteiger partial charge < -0.3 is 14.2 Å². The Hall–Kier alpha value is -2.08. The lowest BCUT2D eigenvalue weighted by atomic mass is 10.2. The van der Waals surface area contributed by atoms with E-state index in [4.69, 9.17) is 14.2 Å². The molecule has 2 rings (SSSR count). The average Bonchev–Trinajstić information content (AvgIpc) is 2.38. The van der Waals surface area contributed by atoms with Crippen molar-refractivity contribution in [2.75, 3.05) is 32.3 Å². The number of hydrogen-bond donors (Lipinski definition) is 0. The van der Waals surface area contributed by atoms with Crippen LogP contribution in [0.25, 0.3) is 0 Å². The first-order valence-electron chi connectivity index (χ1n) is 5.33. The third-order valence-corrected chi connectivity index (χ3v) is 2.58. The van der Waals surface area contributed by atoms with Crippen LogP contribution in [0.5, 0.6) is 11.5 Å². The van der Waals surface area contributed by atoms with Crippen molar-refractivity contribution in [1.82, 2.24) is 0 Å². The van der Waals surface area contributed by atoms with E-state index in [0.29, 0.717) is 17.2 Å². The van der Waals surface area contributed by atoms with Crippen LogP contribution in [0.15, 0.2) is 18.2 Å². The summed E-state index contributed by atoms with van der Waals surface area (Å²) < 4.78 is 15.1. The predicted octanol–water partition coefficient (Wildman–Crippen LogP) is 0.594. The molecule has 6 nitrogen and oxygen atoms in total. The van der Waals surface area contributed by atoms with Crippen LogP contribution in [-0.4, -0.2) is 39.2 Å². The van der Waals surface area contributed by atoms with Crippen molar-refractivity contribution < 1.29 is 23.8 Å². The zero-order valence-corrected chi connectivity index (χ0v) is 10.1. The highest BCUT2D eigenvalue weighted by atomic mass is 16.5. The van der Waals surface area contributed by atoms with Crippen molar-refractivity contribution in [1.29, 1.82) is 0 Å². The average molecular weight is 251 g/mol. The first-order valence-corrected chi connectivity index (χ1v) is 5.33. The van der Waals surface area contributed by atoms with Gasteiger partial charge in [-0.05, 0) is 12.1 Å². The second-order valence-electron chi connectivity index (χ2n) is 3.65. The van der Waals surface area contributed by atoms with Gasteiger partial charge in [0.25, 0.3) is 11.8 Å². The minimum atomic E-state index is -0.390. The van der Waals surface area contributed by atoms with Gasteiger partial charge in [-0.15, -0.1) is 0 Å². The maximum atomic E-state index is 11.7. The summed E-state index contributed by atoms with van der Waals surface area (Å²) in [5.74, 6) is 0.216. The molecule has 0 aromatic heterocycles. The maximum Gasteiger partial charge on any atom is 0.259 e. The number of morpholine rings is 1. The number of carbonyl (C=O) groups excluding carboxylic acids is 2. The molecule has 1 heterocycles. The highest BCUT2D eigenvalue weighted by Gasteiger charge is 2.28. The minimum absolute atomic E-state index is 0.0971. The van der Waals surface area contributed by atoms with Gasteiger partial charge in [0, 0.05) is 6.07 Å². The van der Waals surface area contributed by atoms with E-state index in [2.05, 4.69) is 0 Å². The molecule has 1 aromatic carbocycles. The number of amides is 2. The SMILES string of the molecule is COc1ccc(N2C(=O)COCC2=O)cc1OC. The monoisotopic (exact) mass is 251 g/mol. The van der Waals surface area contributed by atoms with Crippen molar-refractivity contribution in [2.45, 2.75) is 0 Å². The second-order valence-corrected chi connectivity index (χ2v) is 3.65. The zero-order chi connectivity index (χ0) is 13.1. The van der Waals surface area contributed by atoms with Gasteiger partial charge in [-0.25, -0.2) is 4.90 Å². The van der Waals surface area contributed by atoms with Crippen molar-refractivity contribution in [3.8, 4) is 11.5 Å². The van der Waals surface area contributed by atoms with Crippen LogP contribution in [-0.2, 0) is 14.3 Å². The third kappa shape index (κ3) is 2.14. The van der Waals surface area contributed by atoms with Gasteiger partial charge in [-0.1, -0.05) is 0 Å². The number of carbonyl (C=O) groups is 2. The molecule has 0 saturated carbocycles. The Bertz CT molecular complexity index is 469. The van der Waals surface area contributed by atoms with E-state index in [0.717, 1.165) is 4.90 Å². The fourth-order valence-electron chi connectivity index (χ4n) is 1.75. The van der Waals surface area contributed by atoms with Crippen LogP contribution in [0.4, 0.5) is 5.69 Å². The number of anilines is 1. The van der Waals surface area contributed by atoms with E-state index in [-0.39, 0.29) is 13.2 Å². The fraction of sp³-hybridized carbons (Fsp3) is 0.333. The highest BCUT2D eigenvalue weighted by Crippen LogP contribution is 2.32. The van der Waals surface area contributed by atoms with E-state index in [1.165, 1.54) is 14.2 Å². The molecule has 1 aliphatic heterocycles. The number of imide groups is 1. The highest BCUT2D eigenvalue weighted by molar-refractivity contribution is 6.17. The third-order valence-electron chi connectivity index (χ3n) is 2.58. The van der Waals surface area contributed by atoms with Crippen LogP contribution in [0, 0.1) is 0 Å². The summed E-state index contributed by atoms with van der Waals surface area (Å²) >= 11 is 0. The molecule has 0 bridgehead atoms. The molecule has 1 saturated heterocycles. The Morgan fingerprint density at radius 1 is 1.06 bits per heavy atom. The summed E-state index contributed by atoms with van der Waals surface area (Å²) in [6, 6.07) is 4.85. The van der Waals surface area contributed by atoms with Crippen LogP contribution in [0.3, 0.4) is 0 Å². The molecule has 1 aliphatic rings. The quantitative estimate of drug-likeness (QED) is 0.736. The Kier molecular flexibility index (Phi) is 3.47. The van der Waals surface area contributed by atoms with E-state index < -0.39 is 11.8 Å². The van der Waals surface area contributed by atoms with Gasteiger partial charge in [0.15, 0.2) is 11.5 Å². The van der Waals surface area contributed by atoms with Crippen LogP contribution < -0.4 is 14.4 Å². The van der Waals surface area contributed by atoms with Gasteiger partial charge in [0.2, 0.25) is 0 Å². The number of rotatable bonds is 3. The van der Waals surface area contributed by atoms with Crippen LogP contribution >= 0.6 is 0 Å². The number of benzene rings is 1. The number of ether oxygens (including phenoxy) is 3. The molecule has 0 N–H and O–H groups in total. The van der Waals surface area contributed by atoms with Crippen molar-refractivity contribution in [2.24, 2.45) is 0 Å². The molecule has 96 valence electrons. The summed E-state index contributed by atoms with van der Waals surface area (Å²) in [6.07, 6.45) is 0. The standard InChI is InChI=1S/C12H13NO5/c1-16-9-4-3-8(5-10(9)17-2)13-11(14)6-18-7-12(13)15/h3-5H,6-7H2,1-2H3. The molecular formula is C12H13NO5. The van der Waals surface area contributed by atoms with Crippen LogP contribution in [0.2, 0.25) is 0 Å². The fourth-order valence-corrected chi connectivity index (χ4v) is 1.75. The molecule has 6 heteroatoms. The molecule has 0 atom stereocenters. The Balaban J connectivity index is 2.38.